The molecule has 0 amide bonds. The van der Waals surface area contributed by atoms with Crippen molar-refractivity contribution in [1.29, 1.82) is 0 Å². The average Bonchev–Trinajstić information content (AvgIpc) is 2.14. The zero-order chi connectivity index (χ0) is 9.68. The van der Waals surface area contributed by atoms with Gasteiger partial charge >= 0.3 is 0 Å². The Bertz CT molecular complexity index is 268. The largest absolute Gasteiger partial charge is 0.330 e. The van der Waals surface area contributed by atoms with Gasteiger partial charge in [-0.15, -0.1) is 12.4 Å². The van der Waals surface area contributed by atoms with Gasteiger partial charge in [-0.25, -0.2) is 4.39 Å². The van der Waals surface area contributed by atoms with E-state index in [2.05, 4.69) is 0 Å². The molecule has 0 unspecified atom stereocenters. The molecule has 1 aromatic rings. The highest BCUT2D eigenvalue weighted by molar-refractivity contribution is 5.85. The number of rotatable bonds is 4. The number of benzene rings is 1. The number of nitrogens with two attached hydrogens (primary N) is 2. The summed E-state index contributed by atoms with van der Waals surface area (Å²) in [6, 6.07) is 6.30. The maximum atomic E-state index is 12.8. The summed E-state index contributed by atoms with van der Waals surface area (Å²) in [6.07, 6.45) is 1.68. The maximum absolute atomic E-state index is 12.8. The third-order valence-corrected chi connectivity index (χ3v) is 2.00. The molecule has 0 aliphatic rings. The Labute approximate surface area is 89.9 Å². The molecule has 1 rings (SSSR count). The fourth-order valence-corrected chi connectivity index (χ4v) is 1.24. The van der Waals surface area contributed by atoms with Crippen molar-refractivity contribution in [2.24, 2.45) is 11.5 Å². The van der Waals surface area contributed by atoms with Crippen LogP contribution in [0.1, 0.15) is 24.4 Å². The fourth-order valence-electron chi connectivity index (χ4n) is 1.24. The van der Waals surface area contributed by atoms with Crippen molar-refractivity contribution in [2.75, 3.05) is 6.54 Å². The van der Waals surface area contributed by atoms with E-state index < -0.39 is 0 Å². The minimum atomic E-state index is -0.235. The molecule has 0 spiro atoms. The minimum Gasteiger partial charge on any atom is -0.330 e. The second-order valence-electron chi connectivity index (χ2n) is 3.09. The monoisotopic (exact) mass is 218 g/mol. The first-order valence-corrected chi connectivity index (χ1v) is 4.45. The molecule has 4 heteroatoms. The molecule has 1 aromatic carbocycles. The van der Waals surface area contributed by atoms with Gasteiger partial charge in [-0.2, -0.15) is 0 Å². The Hall–Kier alpha value is -0.640. The van der Waals surface area contributed by atoms with E-state index in [1.54, 1.807) is 6.07 Å². The van der Waals surface area contributed by atoms with Crippen LogP contribution in [0, 0.1) is 5.82 Å². The molecule has 1 atom stereocenters. The summed E-state index contributed by atoms with van der Waals surface area (Å²) < 4.78 is 12.8. The van der Waals surface area contributed by atoms with Crippen molar-refractivity contribution < 1.29 is 4.39 Å². The highest BCUT2D eigenvalue weighted by atomic mass is 35.5. The van der Waals surface area contributed by atoms with Gasteiger partial charge in [0.15, 0.2) is 0 Å². The van der Waals surface area contributed by atoms with Crippen LogP contribution in [0.2, 0.25) is 0 Å². The van der Waals surface area contributed by atoms with E-state index in [0.717, 1.165) is 18.4 Å². The summed E-state index contributed by atoms with van der Waals surface area (Å²) in [6.45, 7) is 0.628. The molecule has 0 radical (unpaired) electrons. The van der Waals surface area contributed by atoms with Crippen LogP contribution >= 0.6 is 12.4 Å². The van der Waals surface area contributed by atoms with Crippen LogP contribution < -0.4 is 11.5 Å². The van der Waals surface area contributed by atoms with Crippen molar-refractivity contribution >= 4 is 12.4 Å². The molecule has 2 nitrogen and oxygen atoms in total. The molecule has 0 aromatic heterocycles. The third kappa shape index (κ3) is 4.05. The van der Waals surface area contributed by atoms with Gasteiger partial charge in [0, 0.05) is 6.04 Å². The van der Waals surface area contributed by atoms with E-state index in [4.69, 9.17) is 11.5 Å². The zero-order valence-corrected chi connectivity index (χ0v) is 8.77. The molecule has 0 heterocycles. The van der Waals surface area contributed by atoms with E-state index in [9.17, 15) is 4.39 Å². The lowest BCUT2D eigenvalue weighted by molar-refractivity contribution is 0.597. The van der Waals surface area contributed by atoms with Crippen LogP contribution in [0.3, 0.4) is 0 Å². The van der Waals surface area contributed by atoms with Gasteiger partial charge in [0.25, 0.3) is 0 Å². The molecule has 14 heavy (non-hydrogen) atoms. The van der Waals surface area contributed by atoms with Crippen LogP contribution in [0.4, 0.5) is 4.39 Å². The quantitative estimate of drug-likeness (QED) is 0.812. The Morgan fingerprint density at radius 2 is 2.07 bits per heavy atom. The molecule has 0 aliphatic heterocycles. The Balaban J connectivity index is 0.00000169. The van der Waals surface area contributed by atoms with Crippen LogP contribution in [0.25, 0.3) is 0 Å². The van der Waals surface area contributed by atoms with Gasteiger partial charge in [0.05, 0.1) is 0 Å². The van der Waals surface area contributed by atoms with Gasteiger partial charge in [0.2, 0.25) is 0 Å². The lowest BCUT2D eigenvalue weighted by Crippen LogP contribution is -2.12. The normalized spacial score (nSPS) is 11.9. The third-order valence-electron chi connectivity index (χ3n) is 2.00. The summed E-state index contributed by atoms with van der Waals surface area (Å²) in [5.41, 5.74) is 12.0. The summed E-state index contributed by atoms with van der Waals surface area (Å²) in [4.78, 5) is 0. The van der Waals surface area contributed by atoms with Crippen LogP contribution in [-0.4, -0.2) is 6.54 Å². The molecular formula is C10H16ClFN2. The van der Waals surface area contributed by atoms with Gasteiger partial charge in [0.1, 0.15) is 5.82 Å². The highest BCUT2D eigenvalue weighted by Crippen LogP contribution is 2.15. The molecule has 0 bridgehead atoms. The lowest BCUT2D eigenvalue weighted by Gasteiger charge is -2.10. The SMILES string of the molecule is Cl.NCCC[C@H](N)c1cccc(F)c1. The summed E-state index contributed by atoms with van der Waals surface area (Å²) in [7, 11) is 0. The van der Waals surface area contributed by atoms with Crippen molar-refractivity contribution in [3.63, 3.8) is 0 Å². The first kappa shape index (κ1) is 13.4. The molecule has 0 saturated carbocycles. The molecular weight excluding hydrogens is 203 g/mol. The van der Waals surface area contributed by atoms with Gasteiger partial charge in [-0.05, 0) is 37.1 Å². The molecule has 4 N–H and O–H groups in total. The van der Waals surface area contributed by atoms with Crippen molar-refractivity contribution in [2.45, 2.75) is 18.9 Å². The second kappa shape index (κ2) is 6.76. The predicted octanol–water partition coefficient (Wildman–Crippen LogP) is 1.99. The molecule has 80 valence electrons. The second-order valence-corrected chi connectivity index (χ2v) is 3.09. The lowest BCUT2D eigenvalue weighted by atomic mass is 10.0. The Kier molecular flexibility index (Phi) is 6.45. The van der Waals surface area contributed by atoms with E-state index in [1.165, 1.54) is 12.1 Å². The molecule has 0 aliphatic carbocycles. The van der Waals surface area contributed by atoms with Crippen molar-refractivity contribution in [3.8, 4) is 0 Å². The van der Waals surface area contributed by atoms with Crippen molar-refractivity contribution in [3.05, 3.63) is 35.6 Å². The standard InChI is InChI=1S/C10H15FN2.ClH/c11-9-4-1-3-8(7-9)10(13)5-2-6-12;/h1,3-4,7,10H,2,5-6,12-13H2;1H/t10-;/m0./s1. The number of halogens is 2. The maximum Gasteiger partial charge on any atom is 0.123 e. The predicted molar refractivity (Wildman–Crippen MR) is 58.9 cm³/mol. The molecule has 0 saturated heterocycles. The molecule has 0 fully saturated rings. The smallest absolute Gasteiger partial charge is 0.123 e. The van der Waals surface area contributed by atoms with Crippen LogP contribution in [-0.2, 0) is 0 Å². The van der Waals surface area contributed by atoms with E-state index >= 15 is 0 Å². The first-order valence-electron chi connectivity index (χ1n) is 4.45. The zero-order valence-electron chi connectivity index (χ0n) is 7.95. The number of hydrogen-bond donors (Lipinski definition) is 2. The number of hydrogen-bond acceptors (Lipinski definition) is 2. The van der Waals surface area contributed by atoms with Gasteiger partial charge < -0.3 is 11.5 Å². The fraction of sp³-hybridized carbons (Fsp3) is 0.400. The summed E-state index contributed by atoms with van der Waals surface area (Å²) in [5.74, 6) is -0.235. The first-order chi connectivity index (χ1) is 6.24. The Morgan fingerprint density at radius 3 is 2.64 bits per heavy atom. The van der Waals surface area contributed by atoms with Crippen molar-refractivity contribution in [1.82, 2.24) is 0 Å². The topological polar surface area (TPSA) is 52.0 Å². The minimum absolute atomic E-state index is 0. The van der Waals surface area contributed by atoms with Crippen LogP contribution in [0.5, 0.6) is 0 Å². The summed E-state index contributed by atoms with van der Waals surface area (Å²) in [5, 5.41) is 0. The van der Waals surface area contributed by atoms with Crippen LogP contribution in [0.15, 0.2) is 24.3 Å². The van der Waals surface area contributed by atoms with Gasteiger partial charge in [-0.3, -0.25) is 0 Å². The van der Waals surface area contributed by atoms with E-state index in [0.29, 0.717) is 6.54 Å². The van der Waals surface area contributed by atoms with E-state index in [-0.39, 0.29) is 24.3 Å². The highest BCUT2D eigenvalue weighted by Gasteiger charge is 2.05. The average molecular weight is 219 g/mol. The van der Waals surface area contributed by atoms with E-state index in [1.807, 2.05) is 6.07 Å². The van der Waals surface area contributed by atoms with Gasteiger partial charge in [-0.1, -0.05) is 12.1 Å². The summed E-state index contributed by atoms with van der Waals surface area (Å²) >= 11 is 0. The Morgan fingerprint density at radius 1 is 1.36 bits per heavy atom.